The molecule has 0 aromatic rings. The molecule has 0 amide bonds. The molecule has 0 saturated heterocycles. The molecule has 0 heterocycles. The minimum atomic E-state index is -0.891. The van der Waals surface area contributed by atoms with Crippen LogP contribution in [-0.4, -0.2) is 48.1 Å². The molecule has 4 aliphatic carbocycles. The van der Waals surface area contributed by atoms with Crippen molar-refractivity contribution in [2.24, 2.45) is 23.2 Å². The van der Waals surface area contributed by atoms with Crippen molar-refractivity contribution >= 4 is 15.8 Å². The number of aliphatic hydroxyl groups is 1. The van der Waals surface area contributed by atoms with Crippen LogP contribution in [0.15, 0.2) is 23.0 Å². The van der Waals surface area contributed by atoms with E-state index in [1.165, 1.54) is 11.1 Å². The van der Waals surface area contributed by atoms with Gasteiger partial charge in [-0.25, -0.2) is 10.0 Å². The van der Waals surface area contributed by atoms with Gasteiger partial charge >= 0.3 is 0 Å². The van der Waals surface area contributed by atoms with E-state index >= 15 is 0 Å². The van der Waals surface area contributed by atoms with Crippen LogP contribution in [0.3, 0.4) is 0 Å². The van der Waals surface area contributed by atoms with Gasteiger partial charge in [-0.05, 0) is 75.2 Å². The third kappa shape index (κ3) is 3.10. The Morgan fingerprint density at radius 1 is 1.25 bits per heavy atom. The second kappa shape index (κ2) is 6.91. The Morgan fingerprint density at radius 3 is 2.64 bits per heavy atom. The van der Waals surface area contributed by atoms with Gasteiger partial charge in [-0.1, -0.05) is 18.1 Å². The minimum absolute atomic E-state index is 0.230. The first-order chi connectivity index (χ1) is 13.1. The Kier molecular flexibility index (Phi) is 5.06. The molecule has 5 atom stereocenters. The number of hydrogen-bond acceptors (Lipinski definition) is 3. The highest BCUT2D eigenvalue weighted by Gasteiger charge is 2.64. The highest BCUT2D eigenvalue weighted by atomic mass is 32.3. The maximum atomic E-state index is 13.1. The second-order valence-corrected chi connectivity index (χ2v) is 15.1. The average molecular weight is 407 g/mol. The molecule has 4 heteroatoms. The van der Waals surface area contributed by atoms with Gasteiger partial charge in [-0.15, -0.1) is 0 Å². The normalized spacial score (nSPS) is 41.1. The molecule has 0 aliphatic heterocycles. The van der Waals surface area contributed by atoms with Crippen LogP contribution in [0.5, 0.6) is 0 Å². The van der Waals surface area contributed by atoms with E-state index in [9.17, 15) is 9.90 Å². The van der Waals surface area contributed by atoms with Crippen LogP contribution in [0.1, 0.15) is 58.3 Å². The monoisotopic (exact) mass is 406 g/mol. The maximum Gasteiger partial charge on any atom is 0.139 e. The Hall–Kier alpha value is -0.740. The number of fused-ring (bicyclic) bond motifs is 4. The second-order valence-electron chi connectivity index (χ2n) is 10.7. The molecule has 28 heavy (non-hydrogen) atoms. The van der Waals surface area contributed by atoms with E-state index in [-0.39, 0.29) is 11.3 Å². The largest absolute Gasteiger partial charge is 0.501 e. The summed E-state index contributed by atoms with van der Waals surface area (Å²) in [5.41, 5.74) is 1.98. The zero-order valence-corrected chi connectivity index (χ0v) is 19.2. The van der Waals surface area contributed by atoms with Gasteiger partial charge in [0.05, 0.1) is 18.5 Å². The molecule has 1 N–H and O–H groups in total. The average Bonchev–Trinajstić information content (AvgIpc) is 2.95. The van der Waals surface area contributed by atoms with E-state index < -0.39 is 15.6 Å². The van der Waals surface area contributed by atoms with E-state index in [0.717, 1.165) is 56.5 Å². The summed E-state index contributed by atoms with van der Waals surface area (Å²) >= 11 is 0. The Bertz CT molecular complexity index is 731. The van der Waals surface area contributed by atoms with E-state index in [4.69, 9.17) is 4.74 Å². The highest BCUT2D eigenvalue weighted by molar-refractivity contribution is 8.32. The number of ketones is 1. The molecular formula is C24H38O3S. The number of rotatable bonds is 4. The molecule has 4 aliphatic rings. The van der Waals surface area contributed by atoms with E-state index in [1.807, 2.05) is 0 Å². The van der Waals surface area contributed by atoms with E-state index in [1.54, 1.807) is 7.11 Å². The van der Waals surface area contributed by atoms with Crippen LogP contribution < -0.4 is 0 Å². The summed E-state index contributed by atoms with van der Waals surface area (Å²) in [6.45, 7) is 2.18. The number of allylic oxidation sites excluding steroid dienone is 2. The standard InChI is InChI=1S/C24H38O3S/c1-6-23-14-24(26,15-28(3,4)5)22-18-10-8-17(27-2)13-16(18)7-9-19(22)20(23)11-12-21(23)25/h8,19-20,22,26H,6-7,9-15H2,1-5H3. The molecule has 0 aromatic carbocycles. The summed E-state index contributed by atoms with van der Waals surface area (Å²) in [6.07, 6.45) is 16.6. The van der Waals surface area contributed by atoms with Crippen molar-refractivity contribution in [1.29, 1.82) is 0 Å². The fourth-order valence-corrected chi connectivity index (χ4v) is 9.22. The Labute approximate surface area is 172 Å². The van der Waals surface area contributed by atoms with Gasteiger partial charge in [0.1, 0.15) is 5.78 Å². The fraction of sp³-hybridized carbons (Fsp3) is 0.792. The first-order valence-electron chi connectivity index (χ1n) is 11.0. The molecule has 4 rings (SSSR count). The lowest BCUT2D eigenvalue weighted by Gasteiger charge is -2.59. The maximum absolute atomic E-state index is 13.1. The summed E-state index contributed by atoms with van der Waals surface area (Å²) in [4.78, 5) is 13.1. The third-order valence-electron chi connectivity index (χ3n) is 8.22. The predicted octanol–water partition coefficient (Wildman–Crippen LogP) is 4.84. The summed E-state index contributed by atoms with van der Waals surface area (Å²) in [6, 6.07) is 0. The van der Waals surface area contributed by atoms with Gasteiger partial charge in [-0.2, -0.15) is 0 Å². The molecule has 5 unspecified atom stereocenters. The number of carbonyl (C=O) groups excluding carboxylic acids is 1. The number of carbonyl (C=O) groups is 1. The van der Waals surface area contributed by atoms with Crippen molar-refractivity contribution in [1.82, 2.24) is 0 Å². The summed E-state index contributed by atoms with van der Waals surface area (Å²) in [5, 5.41) is 12.3. The molecule has 158 valence electrons. The minimum Gasteiger partial charge on any atom is -0.501 e. The lowest BCUT2D eigenvalue weighted by Crippen LogP contribution is -2.60. The summed E-state index contributed by atoms with van der Waals surface area (Å²) in [5.74, 6) is 3.52. The fourth-order valence-electron chi connectivity index (χ4n) is 7.44. The lowest BCUT2D eigenvalue weighted by atomic mass is 9.49. The van der Waals surface area contributed by atoms with Crippen molar-refractivity contribution in [3.8, 4) is 0 Å². The first-order valence-corrected chi connectivity index (χ1v) is 14.0. The number of methoxy groups -OCH3 is 1. The van der Waals surface area contributed by atoms with Gasteiger partial charge in [0, 0.05) is 29.9 Å². The molecule has 0 aromatic heterocycles. The van der Waals surface area contributed by atoms with Crippen LogP contribution in [0, 0.1) is 23.2 Å². The molecule has 0 radical (unpaired) electrons. The van der Waals surface area contributed by atoms with Crippen LogP contribution in [0.25, 0.3) is 0 Å². The van der Waals surface area contributed by atoms with Crippen LogP contribution in [0.2, 0.25) is 0 Å². The topological polar surface area (TPSA) is 46.5 Å². The van der Waals surface area contributed by atoms with Crippen molar-refractivity contribution in [3.63, 3.8) is 0 Å². The SMILES string of the molecule is CCC12CC(O)(CS(C)(C)C)C3C4=C(CCC3C1CCC2=O)CC(OC)=CC4. The summed E-state index contributed by atoms with van der Waals surface area (Å²) < 4.78 is 5.55. The van der Waals surface area contributed by atoms with Gasteiger partial charge in [0.2, 0.25) is 0 Å². The Balaban J connectivity index is 1.80. The zero-order valence-electron chi connectivity index (χ0n) is 18.3. The third-order valence-corrected chi connectivity index (χ3v) is 9.58. The van der Waals surface area contributed by atoms with E-state index in [0.29, 0.717) is 24.0 Å². The smallest absolute Gasteiger partial charge is 0.139 e. The molecular weight excluding hydrogens is 368 g/mol. The number of hydrogen-bond donors (Lipinski definition) is 1. The lowest BCUT2D eigenvalue weighted by molar-refractivity contribution is -0.151. The van der Waals surface area contributed by atoms with Gasteiger partial charge in [0.15, 0.2) is 0 Å². The number of Topliss-reactive ketones (excluding diaryl/α,β-unsaturated/α-hetero) is 1. The zero-order chi connectivity index (χ0) is 20.3. The van der Waals surface area contributed by atoms with Gasteiger partial charge in [-0.3, -0.25) is 4.79 Å². The first kappa shape index (κ1) is 20.5. The molecule has 3 nitrogen and oxygen atoms in total. The molecule has 0 bridgehead atoms. The van der Waals surface area contributed by atoms with Crippen molar-refractivity contribution in [2.75, 3.05) is 31.6 Å². The Morgan fingerprint density at radius 2 is 2.00 bits per heavy atom. The van der Waals surface area contributed by atoms with Crippen molar-refractivity contribution < 1.29 is 14.6 Å². The highest BCUT2D eigenvalue weighted by Crippen LogP contribution is 2.65. The number of ether oxygens (including phenoxy) is 1. The van der Waals surface area contributed by atoms with E-state index in [2.05, 4.69) is 31.8 Å². The van der Waals surface area contributed by atoms with Crippen LogP contribution >= 0.6 is 10.0 Å². The summed E-state index contributed by atoms with van der Waals surface area (Å²) in [7, 11) is 0.875. The molecule has 2 fully saturated rings. The van der Waals surface area contributed by atoms with Crippen molar-refractivity contribution in [2.45, 2.75) is 63.9 Å². The van der Waals surface area contributed by atoms with Crippen LogP contribution in [-0.2, 0) is 9.53 Å². The van der Waals surface area contributed by atoms with Crippen molar-refractivity contribution in [3.05, 3.63) is 23.0 Å². The predicted molar refractivity (Wildman–Crippen MR) is 118 cm³/mol. The van der Waals surface area contributed by atoms with Gasteiger partial charge in [0.25, 0.3) is 0 Å². The van der Waals surface area contributed by atoms with Crippen LogP contribution in [0.4, 0.5) is 0 Å². The quantitative estimate of drug-likeness (QED) is 0.680. The molecule has 2 saturated carbocycles. The molecule has 0 spiro atoms. The van der Waals surface area contributed by atoms with Gasteiger partial charge < -0.3 is 9.84 Å².